The number of carboxylic acids is 1. The highest BCUT2D eigenvalue weighted by molar-refractivity contribution is 5.88. The van der Waals surface area contributed by atoms with Gasteiger partial charge in [-0.3, -0.25) is 24.1 Å². The quantitative estimate of drug-likeness (QED) is 0.107. The second-order valence-corrected chi connectivity index (χ2v) is 15.6. The Morgan fingerprint density at radius 1 is 0.964 bits per heavy atom. The molecule has 9 atom stereocenters. The number of aliphatic hydroxyl groups excluding tert-OH is 1. The lowest BCUT2D eigenvalue weighted by molar-refractivity contribution is -0.148. The molecule has 0 radical (unpaired) electrons. The molecule has 1 aromatic rings. The van der Waals surface area contributed by atoms with Gasteiger partial charge in [-0.25, -0.2) is 4.79 Å². The molecular formula is C42H71N5O9. The average Bonchev–Trinajstić information content (AvgIpc) is 3.67. The van der Waals surface area contributed by atoms with Crippen LogP contribution in [0.15, 0.2) is 30.3 Å². The van der Waals surface area contributed by atoms with Gasteiger partial charge >= 0.3 is 5.97 Å². The van der Waals surface area contributed by atoms with Gasteiger partial charge in [0.2, 0.25) is 23.6 Å². The lowest BCUT2D eigenvalue weighted by Gasteiger charge is -2.41. The molecule has 14 nitrogen and oxygen atoms in total. The fourth-order valence-corrected chi connectivity index (χ4v) is 7.96. The van der Waals surface area contributed by atoms with Crippen molar-refractivity contribution >= 4 is 29.6 Å². The van der Waals surface area contributed by atoms with Gasteiger partial charge in [0.25, 0.3) is 0 Å². The molecule has 0 bridgehead atoms. The molecule has 0 aromatic heterocycles. The van der Waals surface area contributed by atoms with Crippen LogP contribution in [-0.4, -0.2) is 138 Å². The second-order valence-electron chi connectivity index (χ2n) is 15.6. The van der Waals surface area contributed by atoms with Crippen molar-refractivity contribution < 1.29 is 43.7 Å². The molecule has 1 fully saturated rings. The van der Waals surface area contributed by atoms with Gasteiger partial charge in [0.05, 0.1) is 49.2 Å². The molecule has 1 heterocycles. The standard InChI is InChI=1S/C42H71N5O9/c1-11-14-22-47(36(50)26-43-41(52)37(27(4)5)45(8)34(48)13-3)38(28(6)12-2)33(55-9)25-35(49)46-23-18-21-32(46)39(56-10)29(7)40(51)44-31(42(53)54)24-30-19-16-15-17-20-30/h15-17,19-20,27-29,31-34,37-39,48H,11-14,18,21-26H2,1-10H3,(H,43,52)(H,44,51)(H,53,54)/t28-,29?,31?,32-,33?,34-,37-,38?,39?/m0/s1. The Morgan fingerprint density at radius 2 is 1.62 bits per heavy atom. The molecule has 1 aromatic carbocycles. The number of nitrogens with one attached hydrogen (secondary N) is 2. The molecule has 56 heavy (non-hydrogen) atoms. The third-order valence-electron chi connectivity index (χ3n) is 11.4. The Kier molecular flexibility index (Phi) is 21.0. The van der Waals surface area contributed by atoms with Gasteiger partial charge in [-0.15, -0.1) is 0 Å². The molecule has 0 aliphatic carbocycles. The van der Waals surface area contributed by atoms with Gasteiger partial charge in [-0.1, -0.05) is 91.6 Å². The van der Waals surface area contributed by atoms with E-state index in [0.717, 1.165) is 18.4 Å². The number of amides is 4. The van der Waals surface area contributed by atoms with E-state index < -0.39 is 60.4 Å². The zero-order chi connectivity index (χ0) is 42.1. The van der Waals surface area contributed by atoms with Crippen LogP contribution in [0.4, 0.5) is 0 Å². The Morgan fingerprint density at radius 3 is 2.16 bits per heavy atom. The third kappa shape index (κ3) is 13.5. The summed E-state index contributed by atoms with van der Waals surface area (Å²) in [6.45, 7) is 14.0. The number of nitrogens with zero attached hydrogens (tertiary/aromatic N) is 3. The van der Waals surface area contributed by atoms with Crippen LogP contribution < -0.4 is 10.6 Å². The number of carboxylic acid groups (broad SMARTS) is 1. The number of benzene rings is 1. The molecule has 1 saturated heterocycles. The van der Waals surface area contributed by atoms with E-state index in [0.29, 0.717) is 38.8 Å². The highest BCUT2D eigenvalue weighted by Crippen LogP contribution is 2.30. The van der Waals surface area contributed by atoms with Gasteiger partial charge in [-0.05, 0) is 50.1 Å². The summed E-state index contributed by atoms with van der Waals surface area (Å²) in [5, 5.41) is 25.9. The first-order valence-corrected chi connectivity index (χ1v) is 20.5. The van der Waals surface area contributed by atoms with Gasteiger partial charge in [0.15, 0.2) is 0 Å². The number of hydrogen-bond donors (Lipinski definition) is 4. The number of methoxy groups -OCH3 is 2. The zero-order valence-corrected chi connectivity index (χ0v) is 35.5. The molecule has 5 unspecified atom stereocenters. The Balaban J connectivity index is 2.28. The molecule has 0 spiro atoms. The van der Waals surface area contributed by atoms with Crippen molar-refractivity contribution in [1.29, 1.82) is 0 Å². The summed E-state index contributed by atoms with van der Waals surface area (Å²) in [6, 6.07) is 6.41. The molecule has 318 valence electrons. The largest absolute Gasteiger partial charge is 0.480 e. The molecule has 1 aliphatic heterocycles. The number of likely N-dealkylation sites (N-methyl/N-ethyl adjacent to an activating group) is 1. The van der Waals surface area contributed by atoms with E-state index in [1.165, 1.54) is 7.11 Å². The highest BCUT2D eigenvalue weighted by atomic mass is 16.5. The summed E-state index contributed by atoms with van der Waals surface area (Å²) in [5.74, 6) is -3.37. The fourth-order valence-electron chi connectivity index (χ4n) is 7.96. The minimum atomic E-state index is -1.14. The first kappa shape index (κ1) is 48.6. The first-order valence-electron chi connectivity index (χ1n) is 20.5. The van der Waals surface area contributed by atoms with Gasteiger partial charge in [0.1, 0.15) is 12.3 Å². The number of aliphatic hydroxyl groups is 1. The summed E-state index contributed by atoms with van der Waals surface area (Å²) in [4.78, 5) is 72.5. The molecular weight excluding hydrogens is 718 g/mol. The Hall–Kier alpha value is -3.59. The van der Waals surface area contributed by atoms with E-state index in [1.54, 1.807) is 35.8 Å². The lowest BCUT2D eigenvalue weighted by atomic mass is 9.89. The minimum Gasteiger partial charge on any atom is -0.480 e. The molecule has 4 amide bonds. The van der Waals surface area contributed by atoms with Crippen molar-refractivity contribution in [2.45, 2.75) is 142 Å². The monoisotopic (exact) mass is 790 g/mol. The summed E-state index contributed by atoms with van der Waals surface area (Å²) < 4.78 is 11.9. The van der Waals surface area contributed by atoms with Crippen LogP contribution in [0.5, 0.6) is 0 Å². The number of aliphatic carboxylic acids is 1. The normalized spacial score (nSPS) is 18.7. The molecule has 4 N–H and O–H groups in total. The lowest BCUT2D eigenvalue weighted by Crippen LogP contribution is -2.57. The number of unbranched alkanes of at least 4 members (excludes halogenated alkanes) is 1. The van der Waals surface area contributed by atoms with Crippen LogP contribution in [0.3, 0.4) is 0 Å². The van der Waals surface area contributed by atoms with Crippen molar-refractivity contribution in [2.75, 3.05) is 40.9 Å². The maximum Gasteiger partial charge on any atom is 0.326 e. The summed E-state index contributed by atoms with van der Waals surface area (Å²) in [6.07, 6.45) is 1.95. The third-order valence-corrected chi connectivity index (χ3v) is 11.4. The summed E-state index contributed by atoms with van der Waals surface area (Å²) >= 11 is 0. The molecule has 1 aliphatic rings. The van der Waals surface area contributed by atoms with Crippen molar-refractivity contribution in [2.24, 2.45) is 17.8 Å². The first-order chi connectivity index (χ1) is 26.6. The van der Waals surface area contributed by atoms with Gasteiger partial charge in [-0.2, -0.15) is 0 Å². The zero-order valence-electron chi connectivity index (χ0n) is 35.5. The van der Waals surface area contributed by atoms with Crippen LogP contribution in [0.2, 0.25) is 0 Å². The number of ether oxygens (including phenoxy) is 2. The molecule has 14 heteroatoms. The van der Waals surface area contributed by atoms with Crippen molar-refractivity contribution in [3.63, 3.8) is 0 Å². The van der Waals surface area contributed by atoms with E-state index in [4.69, 9.17) is 9.47 Å². The summed E-state index contributed by atoms with van der Waals surface area (Å²) in [5.41, 5.74) is 0.780. The van der Waals surface area contributed by atoms with E-state index in [2.05, 4.69) is 10.6 Å². The fraction of sp³-hybridized carbons (Fsp3) is 0.738. The minimum absolute atomic E-state index is 0.0193. The topological polar surface area (TPSA) is 178 Å². The summed E-state index contributed by atoms with van der Waals surface area (Å²) in [7, 11) is 4.73. The second kappa shape index (κ2) is 24.2. The number of rotatable bonds is 25. The van der Waals surface area contributed by atoms with E-state index >= 15 is 0 Å². The predicted octanol–water partition coefficient (Wildman–Crippen LogP) is 3.69. The predicted molar refractivity (Wildman–Crippen MR) is 215 cm³/mol. The van der Waals surface area contributed by atoms with Crippen molar-refractivity contribution in [1.82, 2.24) is 25.3 Å². The van der Waals surface area contributed by atoms with Crippen LogP contribution in [-0.2, 0) is 39.9 Å². The molecule has 0 saturated carbocycles. The van der Waals surface area contributed by atoms with Gasteiger partial charge < -0.3 is 40.1 Å². The maximum absolute atomic E-state index is 14.3. The number of carbonyl (C=O) groups is 5. The van der Waals surface area contributed by atoms with E-state index in [-0.39, 0.29) is 48.9 Å². The van der Waals surface area contributed by atoms with Crippen molar-refractivity contribution in [3.05, 3.63) is 35.9 Å². The SMILES string of the molecule is CCCCN(C(=O)CNC(=O)[C@H](C(C)C)N(C)[C@@H](O)CC)C(C(CC(=O)N1CCC[C@H]1C(OC)C(C)C(=O)NC(Cc1ccccc1)C(=O)O)OC)[C@@H](C)CC. The number of hydrogen-bond acceptors (Lipinski definition) is 9. The maximum atomic E-state index is 14.3. The highest BCUT2D eigenvalue weighted by Gasteiger charge is 2.43. The number of likely N-dealkylation sites (tertiary alicyclic amines) is 1. The van der Waals surface area contributed by atoms with Crippen molar-refractivity contribution in [3.8, 4) is 0 Å². The van der Waals surface area contributed by atoms with E-state index in [9.17, 15) is 34.2 Å². The van der Waals surface area contributed by atoms with Crippen LogP contribution >= 0.6 is 0 Å². The van der Waals surface area contributed by atoms with Crippen LogP contribution in [0.1, 0.15) is 99.0 Å². The molecule has 2 rings (SSSR count). The Bertz CT molecular complexity index is 1380. The van der Waals surface area contributed by atoms with Gasteiger partial charge in [0, 0.05) is 33.7 Å². The van der Waals surface area contributed by atoms with Crippen LogP contribution in [0.25, 0.3) is 0 Å². The smallest absolute Gasteiger partial charge is 0.326 e. The average molecular weight is 790 g/mol. The van der Waals surface area contributed by atoms with Crippen LogP contribution in [0, 0.1) is 17.8 Å². The number of carbonyl (C=O) groups excluding carboxylic acids is 4. The Labute approximate surface area is 335 Å². The van der Waals surface area contributed by atoms with E-state index in [1.807, 2.05) is 71.9 Å².